The Morgan fingerprint density at radius 3 is 2.20 bits per heavy atom. The van der Waals surface area contributed by atoms with Crippen LogP contribution >= 0.6 is 0 Å². The van der Waals surface area contributed by atoms with Crippen molar-refractivity contribution in [2.45, 2.75) is 12.2 Å². The first-order chi connectivity index (χ1) is 5.57. The van der Waals surface area contributed by atoms with Crippen LogP contribution in [0.3, 0.4) is 0 Å². The van der Waals surface area contributed by atoms with Crippen LogP contribution in [0.2, 0.25) is 0 Å². The molecule has 0 aromatic carbocycles. The largest absolute Gasteiger partial charge is 1.00 e. The first kappa shape index (κ1) is 21.0. The minimum absolute atomic E-state index is 0. The molecule has 2 atom stereocenters. The molecule has 1 aliphatic rings. The van der Waals surface area contributed by atoms with E-state index in [1.807, 2.05) is 0 Å². The molecule has 0 aromatic rings. The first-order valence-corrected chi connectivity index (χ1v) is 3.18. The van der Waals surface area contributed by atoms with Gasteiger partial charge in [0, 0.05) is 5.76 Å². The van der Waals surface area contributed by atoms with Crippen molar-refractivity contribution in [2.24, 2.45) is 0 Å². The second-order valence-corrected chi connectivity index (χ2v) is 2.29. The van der Waals surface area contributed by atoms with Crippen molar-refractivity contribution in [3.63, 3.8) is 0 Å². The average molecular weight is 238 g/mol. The molecule has 0 radical (unpaired) electrons. The van der Waals surface area contributed by atoms with E-state index in [2.05, 4.69) is 4.74 Å². The van der Waals surface area contributed by atoms with Gasteiger partial charge in [0.15, 0.2) is 6.10 Å². The number of esters is 1. The quantitative estimate of drug-likeness (QED) is 0.320. The molecule has 1 aliphatic heterocycles. The SMILES string of the molecule is O=C1O[C@H]([C@@H](O)CO)C(O)=C1[O-].[Na+].[Na+].[OH-]. The Balaban J connectivity index is -0.000000480. The fourth-order valence-corrected chi connectivity index (χ4v) is 0.815. The number of cyclic esters (lactones) is 1. The molecular weight excluding hydrogens is 230 g/mol. The van der Waals surface area contributed by atoms with Crippen LogP contribution in [0, 0.1) is 0 Å². The molecule has 0 saturated heterocycles. The zero-order valence-corrected chi connectivity index (χ0v) is 12.4. The topological polar surface area (TPSA) is 140 Å². The number of ether oxygens (including phenoxy) is 1. The number of aliphatic hydroxyl groups is 3. The van der Waals surface area contributed by atoms with Crippen LogP contribution < -0.4 is 64.2 Å². The number of hydrogen-bond donors (Lipinski definition) is 3. The maximum atomic E-state index is 10.6. The molecule has 1 rings (SSSR count). The van der Waals surface area contributed by atoms with Crippen LogP contribution in [0.4, 0.5) is 0 Å². The molecule has 0 unspecified atom stereocenters. The molecule has 76 valence electrons. The van der Waals surface area contributed by atoms with Crippen LogP contribution in [0.5, 0.6) is 0 Å². The summed E-state index contributed by atoms with van der Waals surface area (Å²) in [6, 6.07) is 0. The average Bonchev–Trinajstić information content (AvgIpc) is 2.32. The third-order valence-corrected chi connectivity index (χ3v) is 1.46. The molecule has 0 spiro atoms. The fraction of sp³-hybridized carbons (Fsp3) is 0.500. The summed E-state index contributed by atoms with van der Waals surface area (Å²) < 4.78 is 4.25. The van der Waals surface area contributed by atoms with Crippen LogP contribution in [0.15, 0.2) is 11.5 Å². The van der Waals surface area contributed by atoms with Gasteiger partial charge in [-0.25, -0.2) is 4.79 Å². The second-order valence-electron chi connectivity index (χ2n) is 2.29. The van der Waals surface area contributed by atoms with Gasteiger partial charge in [-0.05, 0) is 0 Å². The summed E-state index contributed by atoms with van der Waals surface area (Å²) in [5, 5.41) is 36.8. The summed E-state index contributed by atoms with van der Waals surface area (Å²) in [6.45, 7) is -0.699. The van der Waals surface area contributed by atoms with Gasteiger partial charge in [-0.2, -0.15) is 0 Å². The van der Waals surface area contributed by atoms with E-state index >= 15 is 0 Å². The maximum absolute atomic E-state index is 10.6. The van der Waals surface area contributed by atoms with Crippen LogP contribution in [-0.2, 0) is 9.53 Å². The Kier molecular flexibility index (Phi) is 12.3. The maximum Gasteiger partial charge on any atom is 1.00 e. The van der Waals surface area contributed by atoms with E-state index in [0.717, 1.165) is 0 Å². The third kappa shape index (κ3) is 4.59. The van der Waals surface area contributed by atoms with Crippen molar-refractivity contribution in [2.75, 3.05) is 6.61 Å². The van der Waals surface area contributed by atoms with Crippen LogP contribution in [0.25, 0.3) is 0 Å². The monoisotopic (exact) mass is 238 g/mol. The van der Waals surface area contributed by atoms with Crippen LogP contribution in [0.1, 0.15) is 0 Å². The molecule has 0 amide bonds. The zero-order chi connectivity index (χ0) is 9.30. The molecule has 7 nitrogen and oxygen atoms in total. The van der Waals surface area contributed by atoms with Crippen molar-refractivity contribution in [3.05, 3.63) is 11.5 Å². The van der Waals surface area contributed by atoms with Gasteiger partial charge in [0.2, 0.25) is 0 Å². The van der Waals surface area contributed by atoms with Gasteiger partial charge < -0.3 is 30.6 Å². The number of hydrogen-bond acceptors (Lipinski definition) is 7. The Morgan fingerprint density at radius 1 is 1.47 bits per heavy atom. The number of carbonyl (C=O) groups excluding carboxylic acids is 1. The summed E-state index contributed by atoms with van der Waals surface area (Å²) >= 11 is 0. The first-order valence-electron chi connectivity index (χ1n) is 3.18. The standard InChI is InChI=1S/C6H8O6.2Na.H2O/c7-1-2(8)5-3(9)4(10)6(11)12-5;;;/h2,5,7-10H,1H2;;;1H2/q;2*+1;/p-2/t2-,5+;;;/m0.../s1. The van der Waals surface area contributed by atoms with Crippen molar-refractivity contribution in [3.8, 4) is 0 Å². The van der Waals surface area contributed by atoms with Gasteiger partial charge in [-0.3, -0.25) is 0 Å². The Hall–Kier alpha value is 0.690. The molecule has 0 aromatic heterocycles. The van der Waals surface area contributed by atoms with Crippen molar-refractivity contribution in [1.82, 2.24) is 0 Å². The summed E-state index contributed by atoms with van der Waals surface area (Å²) in [6.07, 6.45) is -2.88. The minimum atomic E-state index is -1.46. The minimum Gasteiger partial charge on any atom is -0.870 e. The van der Waals surface area contributed by atoms with Gasteiger partial charge in [0.1, 0.15) is 11.9 Å². The molecule has 0 saturated carbocycles. The molecule has 9 heteroatoms. The number of rotatable bonds is 2. The van der Waals surface area contributed by atoms with Crippen molar-refractivity contribution >= 4 is 5.97 Å². The van der Waals surface area contributed by atoms with E-state index in [0.29, 0.717) is 0 Å². The van der Waals surface area contributed by atoms with Gasteiger partial charge in [0.25, 0.3) is 0 Å². The van der Waals surface area contributed by atoms with Gasteiger partial charge in [-0.1, -0.05) is 0 Å². The summed E-state index contributed by atoms with van der Waals surface area (Å²) in [5.41, 5.74) is 0. The summed E-state index contributed by atoms with van der Waals surface area (Å²) in [7, 11) is 0. The van der Waals surface area contributed by atoms with Gasteiger partial charge in [0.05, 0.1) is 6.61 Å². The molecule has 0 bridgehead atoms. The predicted octanol–water partition coefficient (Wildman–Crippen LogP) is -8.77. The summed E-state index contributed by atoms with van der Waals surface area (Å²) in [5.74, 6) is -3.25. The normalized spacial score (nSPS) is 20.7. The summed E-state index contributed by atoms with van der Waals surface area (Å²) in [4.78, 5) is 10.5. The molecule has 0 aliphatic carbocycles. The van der Waals surface area contributed by atoms with Crippen molar-refractivity contribution < 1.29 is 94.5 Å². The van der Waals surface area contributed by atoms with E-state index in [1.165, 1.54) is 0 Å². The predicted molar refractivity (Wildman–Crippen MR) is 34.6 cm³/mol. The molecule has 15 heavy (non-hydrogen) atoms. The molecule has 4 N–H and O–H groups in total. The Morgan fingerprint density at radius 2 is 1.93 bits per heavy atom. The van der Waals surface area contributed by atoms with E-state index < -0.39 is 36.3 Å². The van der Waals surface area contributed by atoms with Crippen molar-refractivity contribution in [1.29, 1.82) is 0 Å². The van der Waals surface area contributed by atoms with Crippen LogP contribution in [-0.4, -0.2) is 45.6 Å². The molecule has 0 fully saturated rings. The van der Waals surface area contributed by atoms with E-state index in [-0.39, 0.29) is 64.6 Å². The van der Waals surface area contributed by atoms with E-state index in [9.17, 15) is 9.90 Å². The number of aliphatic hydroxyl groups excluding tert-OH is 3. The van der Waals surface area contributed by atoms with E-state index in [1.54, 1.807) is 0 Å². The molecular formula is C6H8Na2O7. The van der Waals surface area contributed by atoms with Gasteiger partial charge >= 0.3 is 65.1 Å². The fourth-order valence-electron chi connectivity index (χ4n) is 0.815. The van der Waals surface area contributed by atoms with E-state index in [4.69, 9.17) is 15.3 Å². The van der Waals surface area contributed by atoms with Gasteiger partial charge in [-0.15, -0.1) is 0 Å². The third-order valence-electron chi connectivity index (χ3n) is 1.46. The smallest absolute Gasteiger partial charge is 0.870 e. The zero-order valence-electron chi connectivity index (χ0n) is 8.38. The Bertz CT molecular complexity index is 242. The molecule has 1 heterocycles. The Labute approximate surface area is 130 Å². The second kappa shape index (κ2) is 8.80. The number of carbonyl (C=O) groups is 1.